The summed E-state index contributed by atoms with van der Waals surface area (Å²) in [6, 6.07) is 5.74. The van der Waals surface area contributed by atoms with Gasteiger partial charge in [-0.05, 0) is 12.1 Å². The smallest absolute Gasteiger partial charge is 0.125 e. The second-order valence-electron chi connectivity index (χ2n) is 4.40. The largest absolute Gasteiger partial charge is 0.490 e. The van der Waals surface area contributed by atoms with Crippen LogP contribution in [0.15, 0.2) is 18.2 Å². The average molecular weight is 274 g/mol. The third-order valence-electron chi connectivity index (χ3n) is 2.40. The van der Waals surface area contributed by atoms with Crippen LogP contribution in [0.25, 0.3) is 0 Å². The Labute approximate surface area is 113 Å². The number of aliphatic hydroxyl groups excluding tert-OH is 2. The maximum absolute atomic E-state index is 9.27. The van der Waals surface area contributed by atoms with Gasteiger partial charge in [0.2, 0.25) is 0 Å². The molecule has 18 heavy (non-hydrogen) atoms. The molecule has 3 N–H and O–H groups in total. The molecule has 1 unspecified atom stereocenters. The molecule has 1 aromatic rings. The number of aliphatic hydroxyl groups is 2. The van der Waals surface area contributed by atoms with E-state index in [1.54, 1.807) is 18.2 Å². The van der Waals surface area contributed by atoms with Crippen molar-refractivity contribution in [1.82, 2.24) is 5.32 Å². The molecule has 5 heteroatoms. The van der Waals surface area contributed by atoms with E-state index in [1.165, 1.54) is 0 Å². The zero-order chi connectivity index (χ0) is 13.5. The molecule has 0 saturated heterocycles. The summed E-state index contributed by atoms with van der Waals surface area (Å²) < 4.78 is 5.47. The first-order chi connectivity index (χ1) is 8.54. The summed E-state index contributed by atoms with van der Waals surface area (Å²) in [5.74, 6) is 0.628. The first-order valence-corrected chi connectivity index (χ1v) is 6.35. The Morgan fingerprint density at radius 3 is 2.72 bits per heavy atom. The van der Waals surface area contributed by atoms with Crippen molar-refractivity contribution in [3.05, 3.63) is 28.8 Å². The summed E-state index contributed by atoms with van der Waals surface area (Å²) >= 11 is 6.13. The minimum atomic E-state index is -0.880. The molecule has 0 radical (unpaired) electrons. The number of hydrogen-bond acceptors (Lipinski definition) is 4. The highest BCUT2D eigenvalue weighted by atomic mass is 35.5. The van der Waals surface area contributed by atoms with Crippen LogP contribution in [0, 0.1) is 0 Å². The van der Waals surface area contributed by atoms with Gasteiger partial charge in [0.05, 0.1) is 6.61 Å². The van der Waals surface area contributed by atoms with Gasteiger partial charge in [-0.1, -0.05) is 31.5 Å². The molecule has 0 aliphatic rings. The van der Waals surface area contributed by atoms with Gasteiger partial charge in [0.15, 0.2) is 0 Å². The zero-order valence-electron chi connectivity index (χ0n) is 10.7. The van der Waals surface area contributed by atoms with Gasteiger partial charge in [-0.2, -0.15) is 0 Å². The maximum atomic E-state index is 9.27. The second-order valence-corrected chi connectivity index (χ2v) is 4.81. The Morgan fingerprint density at radius 1 is 1.39 bits per heavy atom. The van der Waals surface area contributed by atoms with Crippen LogP contribution in [-0.4, -0.2) is 35.6 Å². The molecule has 0 aliphatic carbocycles. The minimum Gasteiger partial charge on any atom is -0.490 e. The van der Waals surface area contributed by atoms with E-state index >= 15 is 0 Å². The molecule has 0 heterocycles. The van der Waals surface area contributed by atoms with Gasteiger partial charge in [0.1, 0.15) is 18.5 Å². The third kappa shape index (κ3) is 4.82. The first-order valence-electron chi connectivity index (χ1n) is 5.97. The zero-order valence-corrected chi connectivity index (χ0v) is 11.4. The van der Waals surface area contributed by atoms with Gasteiger partial charge in [-0.3, -0.25) is 0 Å². The van der Waals surface area contributed by atoms with Crippen molar-refractivity contribution in [1.29, 1.82) is 0 Å². The molecule has 4 nitrogen and oxygen atoms in total. The molecular weight excluding hydrogens is 254 g/mol. The third-order valence-corrected chi connectivity index (χ3v) is 2.76. The van der Waals surface area contributed by atoms with E-state index in [0.717, 1.165) is 5.56 Å². The fourth-order valence-electron chi connectivity index (χ4n) is 1.39. The van der Waals surface area contributed by atoms with Crippen molar-refractivity contribution in [3.63, 3.8) is 0 Å². The van der Waals surface area contributed by atoms with Crippen LogP contribution in [-0.2, 0) is 6.54 Å². The van der Waals surface area contributed by atoms with Crippen LogP contribution in [0.2, 0.25) is 5.02 Å². The van der Waals surface area contributed by atoms with Crippen LogP contribution < -0.4 is 10.1 Å². The van der Waals surface area contributed by atoms with Gasteiger partial charge in [-0.25, -0.2) is 0 Å². The fraction of sp³-hybridized carbons (Fsp3) is 0.538. The molecule has 0 amide bonds. The summed E-state index contributed by atoms with van der Waals surface area (Å²) in [4.78, 5) is 0. The van der Waals surface area contributed by atoms with E-state index in [-0.39, 0.29) is 13.2 Å². The Kier molecular flexibility index (Phi) is 6.43. The normalized spacial score (nSPS) is 12.8. The van der Waals surface area contributed by atoms with Crippen LogP contribution in [0.5, 0.6) is 5.75 Å². The molecule has 0 aliphatic heterocycles. The Bertz CT molecular complexity index is 371. The van der Waals surface area contributed by atoms with E-state index in [9.17, 15) is 5.11 Å². The Morgan fingerprint density at radius 2 is 2.11 bits per heavy atom. The minimum absolute atomic E-state index is 0.0471. The lowest BCUT2D eigenvalue weighted by Crippen LogP contribution is -2.24. The molecule has 1 atom stereocenters. The number of benzene rings is 1. The van der Waals surface area contributed by atoms with Gasteiger partial charge >= 0.3 is 0 Å². The standard InChI is InChI=1S/C13H20ClNO3/c1-9(2)15-6-11-12(14)4-3-5-13(11)18-8-10(17)7-16/h3-5,9-10,15-17H,6-8H2,1-2H3. The van der Waals surface area contributed by atoms with Crippen LogP contribution in [0.3, 0.4) is 0 Å². The van der Waals surface area contributed by atoms with Crippen LogP contribution in [0.1, 0.15) is 19.4 Å². The summed E-state index contributed by atoms with van der Waals surface area (Å²) in [7, 11) is 0. The molecule has 0 aromatic heterocycles. The van der Waals surface area contributed by atoms with E-state index in [2.05, 4.69) is 5.32 Å². The lowest BCUT2D eigenvalue weighted by Gasteiger charge is -2.16. The molecule has 0 saturated carbocycles. The van der Waals surface area contributed by atoms with Gasteiger partial charge in [-0.15, -0.1) is 0 Å². The monoisotopic (exact) mass is 273 g/mol. The fourth-order valence-corrected chi connectivity index (χ4v) is 1.62. The Hall–Kier alpha value is -0.810. The predicted octanol–water partition coefficient (Wildman–Crippen LogP) is 1.57. The van der Waals surface area contributed by atoms with Crippen molar-refractivity contribution in [3.8, 4) is 5.75 Å². The summed E-state index contributed by atoms with van der Waals surface area (Å²) in [5.41, 5.74) is 0.859. The quantitative estimate of drug-likeness (QED) is 0.706. The summed E-state index contributed by atoms with van der Waals surface area (Å²) in [6.45, 7) is 4.42. The summed E-state index contributed by atoms with van der Waals surface area (Å²) in [5, 5.41) is 21.9. The van der Waals surface area contributed by atoms with Crippen molar-refractivity contribution in [2.24, 2.45) is 0 Å². The molecule has 0 bridgehead atoms. The molecule has 1 aromatic carbocycles. The number of nitrogens with one attached hydrogen (secondary N) is 1. The number of rotatable bonds is 7. The highest BCUT2D eigenvalue weighted by Gasteiger charge is 2.10. The molecule has 0 spiro atoms. The lowest BCUT2D eigenvalue weighted by atomic mass is 10.2. The van der Waals surface area contributed by atoms with Crippen molar-refractivity contribution < 1.29 is 14.9 Å². The van der Waals surface area contributed by atoms with Crippen LogP contribution >= 0.6 is 11.6 Å². The van der Waals surface area contributed by atoms with Crippen molar-refractivity contribution >= 4 is 11.6 Å². The van der Waals surface area contributed by atoms with Crippen molar-refractivity contribution in [2.75, 3.05) is 13.2 Å². The van der Waals surface area contributed by atoms with E-state index < -0.39 is 6.10 Å². The topological polar surface area (TPSA) is 61.7 Å². The predicted molar refractivity (Wildman–Crippen MR) is 72.0 cm³/mol. The SMILES string of the molecule is CC(C)NCc1c(Cl)cccc1OCC(O)CO. The first kappa shape index (κ1) is 15.2. The molecule has 102 valence electrons. The maximum Gasteiger partial charge on any atom is 0.125 e. The van der Waals surface area contributed by atoms with Gasteiger partial charge in [0.25, 0.3) is 0 Å². The highest BCUT2D eigenvalue weighted by molar-refractivity contribution is 6.31. The Balaban J connectivity index is 2.73. The van der Waals surface area contributed by atoms with E-state index in [1.807, 2.05) is 13.8 Å². The van der Waals surface area contributed by atoms with Crippen molar-refractivity contribution in [2.45, 2.75) is 32.5 Å². The number of halogens is 1. The van der Waals surface area contributed by atoms with E-state index in [0.29, 0.717) is 23.4 Å². The van der Waals surface area contributed by atoms with E-state index in [4.69, 9.17) is 21.4 Å². The summed E-state index contributed by atoms with van der Waals surface area (Å²) in [6.07, 6.45) is -0.880. The molecule has 1 rings (SSSR count). The lowest BCUT2D eigenvalue weighted by molar-refractivity contribution is 0.0532. The second kappa shape index (κ2) is 7.59. The average Bonchev–Trinajstić information content (AvgIpc) is 2.34. The highest BCUT2D eigenvalue weighted by Crippen LogP contribution is 2.26. The number of ether oxygens (including phenoxy) is 1. The van der Waals surface area contributed by atoms with Gasteiger partial charge < -0.3 is 20.3 Å². The molecule has 0 fully saturated rings. The number of hydrogen-bond donors (Lipinski definition) is 3. The van der Waals surface area contributed by atoms with Crippen LogP contribution in [0.4, 0.5) is 0 Å². The molecular formula is C13H20ClNO3. The van der Waals surface area contributed by atoms with Gasteiger partial charge in [0, 0.05) is 23.2 Å².